The minimum absolute atomic E-state index is 0.300. The molecule has 1 N–H and O–H groups in total. The van der Waals surface area contributed by atoms with Crippen LogP contribution in [0, 0.1) is 11.6 Å². The second-order valence-electron chi connectivity index (χ2n) is 6.58. The van der Waals surface area contributed by atoms with Gasteiger partial charge in [0.05, 0.1) is 11.9 Å². The summed E-state index contributed by atoms with van der Waals surface area (Å²) in [4.78, 5) is 0. The van der Waals surface area contributed by atoms with Gasteiger partial charge < -0.3 is 5.32 Å². The normalized spacial score (nSPS) is 21.7. The van der Waals surface area contributed by atoms with E-state index < -0.39 is 11.6 Å². The van der Waals surface area contributed by atoms with Crippen LogP contribution in [0.1, 0.15) is 43.0 Å². The molecule has 1 saturated heterocycles. The average Bonchev–Trinajstić information content (AvgIpc) is 3.00. The van der Waals surface area contributed by atoms with Gasteiger partial charge in [0.25, 0.3) is 0 Å². The van der Waals surface area contributed by atoms with Gasteiger partial charge in [0, 0.05) is 29.4 Å². The maximum absolute atomic E-state index is 13.5. The maximum Gasteiger partial charge on any atom is 0.128 e. The second-order valence-corrected chi connectivity index (χ2v) is 7.81. The van der Waals surface area contributed by atoms with Crippen molar-refractivity contribution < 1.29 is 8.78 Å². The first-order chi connectivity index (χ1) is 11.7. The first kappa shape index (κ1) is 16.1. The molecule has 0 bridgehead atoms. The Balaban J connectivity index is 1.61. The minimum atomic E-state index is -0.570. The molecule has 1 aromatic heterocycles. The Labute approximate surface area is 144 Å². The molecule has 0 spiro atoms. The summed E-state index contributed by atoms with van der Waals surface area (Å²) in [6.07, 6.45) is 7.34. The van der Waals surface area contributed by atoms with E-state index in [0.717, 1.165) is 31.0 Å². The summed E-state index contributed by atoms with van der Waals surface area (Å²) < 4.78 is 28.8. The summed E-state index contributed by atoms with van der Waals surface area (Å²) >= 11 is 2.02. The van der Waals surface area contributed by atoms with Crippen LogP contribution in [0.2, 0.25) is 0 Å². The molecule has 0 amide bonds. The molecule has 1 aliphatic heterocycles. The molecular formula is C18H21F2N3S. The van der Waals surface area contributed by atoms with Crippen LogP contribution in [0.15, 0.2) is 24.4 Å². The second kappa shape index (κ2) is 6.84. The highest BCUT2D eigenvalue weighted by Crippen LogP contribution is 2.32. The molecule has 1 fully saturated rings. The molecule has 0 radical (unpaired) electrons. The number of halogens is 2. The van der Waals surface area contributed by atoms with Crippen LogP contribution in [-0.4, -0.2) is 27.3 Å². The SMILES string of the molecule is Fc1cc(F)cc(-n2ncc3c2CCCC3NC2CCSCC2)c1. The fourth-order valence-corrected chi connectivity index (χ4v) is 4.87. The van der Waals surface area contributed by atoms with Crippen molar-refractivity contribution in [3.05, 3.63) is 47.3 Å². The minimum Gasteiger partial charge on any atom is -0.307 e. The van der Waals surface area contributed by atoms with Gasteiger partial charge in [0.2, 0.25) is 0 Å². The first-order valence-electron chi connectivity index (χ1n) is 8.58. The summed E-state index contributed by atoms with van der Waals surface area (Å²) in [6, 6.07) is 4.44. The third-order valence-corrected chi connectivity index (χ3v) is 5.98. The van der Waals surface area contributed by atoms with E-state index in [-0.39, 0.29) is 0 Å². The summed E-state index contributed by atoms with van der Waals surface area (Å²) in [5.41, 5.74) is 2.72. The molecule has 6 heteroatoms. The van der Waals surface area contributed by atoms with E-state index in [1.165, 1.54) is 42.0 Å². The van der Waals surface area contributed by atoms with Crippen molar-refractivity contribution in [3.63, 3.8) is 0 Å². The van der Waals surface area contributed by atoms with E-state index in [2.05, 4.69) is 10.4 Å². The Morgan fingerprint density at radius 1 is 1.08 bits per heavy atom. The van der Waals surface area contributed by atoms with Crippen LogP contribution in [0.5, 0.6) is 0 Å². The number of aromatic nitrogens is 2. The van der Waals surface area contributed by atoms with Crippen molar-refractivity contribution >= 4 is 11.8 Å². The number of thioether (sulfide) groups is 1. The zero-order chi connectivity index (χ0) is 16.5. The molecule has 2 heterocycles. The molecule has 2 aliphatic rings. The number of nitrogens with zero attached hydrogens (tertiary/aromatic N) is 2. The van der Waals surface area contributed by atoms with Crippen molar-refractivity contribution in [3.8, 4) is 5.69 Å². The number of hydrogen-bond donors (Lipinski definition) is 1. The van der Waals surface area contributed by atoms with Gasteiger partial charge >= 0.3 is 0 Å². The molecule has 0 saturated carbocycles. The zero-order valence-corrected chi connectivity index (χ0v) is 14.3. The van der Waals surface area contributed by atoms with Crippen molar-refractivity contribution in [2.45, 2.75) is 44.2 Å². The zero-order valence-electron chi connectivity index (χ0n) is 13.5. The first-order valence-corrected chi connectivity index (χ1v) is 9.73. The third kappa shape index (κ3) is 3.22. The smallest absolute Gasteiger partial charge is 0.128 e. The van der Waals surface area contributed by atoms with Gasteiger partial charge in [-0.05, 0) is 55.7 Å². The standard InChI is InChI=1S/C18H21F2N3S/c19-12-8-13(20)10-15(9-12)23-18-3-1-2-17(16(18)11-21-23)22-14-4-6-24-7-5-14/h8-11,14,17,22H,1-7H2. The summed E-state index contributed by atoms with van der Waals surface area (Å²) in [5, 5.41) is 8.22. The Bertz CT molecular complexity index is 705. The van der Waals surface area contributed by atoms with Crippen LogP contribution >= 0.6 is 11.8 Å². The predicted octanol–water partition coefficient (Wildman–Crippen LogP) is 4.01. The number of rotatable bonds is 3. The van der Waals surface area contributed by atoms with E-state index in [1.54, 1.807) is 4.68 Å². The van der Waals surface area contributed by atoms with Gasteiger partial charge in [0.15, 0.2) is 0 Å². The Kier molecular flexibility index (Phi) is 4.59. The van der Waals surface area contributed by atoms with Gasteiger partial charge in [-0.25, -0.2) is 13.5 Å². The number of nitrogens with one attached hydrogen (secondary N) is 1. The maximum atomic E-state index is 13.5. The Hall–Kier alpha value is -1.40. The van der Waals surface area contributed by atoms with Gasteiger partial charge in [0.1, 0.15) is 11.6 Å². The quantitative estimate of drug-likeness (QED) is 0.908. The fourth-order valence-electron chi connectivity index (χ4n) is 3.76. The molecule has 128 valence electrons. The predicted molar refractivity (Wildman–Crippen MR) is 92.6 cm³/mol. The molecule has 2 aromatic rings. The lowest BCUT2D eigenvalue weighted by atomic mass is 9.91. The number of hydrogen-bond acceptors (Lipinski definition) is 3. The highest BCUT2D eigenvalue weighted by atomic mass is 32.2. The molecule has 24 heavy (non-hydrogen) atoms. The fraction of sp³-hybridized carbons (Fsp3) is 0.500. The van der Waals surface area contributed by atoms with Gasteiger partial charge in [-0.3, -0.25) is 0 Å². The van der Waals surface area contributed by atoms with E-state index >= 15 is 0 Å². The highest BCUT2D eigenvalue weighted by Gasteiger charge is 2.27. The third-order valence-electron chi connectivity index (χ3n) is 4.93. The molecule has 4 rings (SSSR count). The molecule has 1 atom stereocenters. The van der Waals surface area contributed by atoms with Crippen LogP contribution < -0.4 is 5.32 Å². The van der Waals surface area contributed by atoms with Crippen LogP contribution in [0.25, 0.3) is 5.69 Å². The van der Waals surface area contributed by atoms with Gasteiger partial charge in [-0.1, -0.05) is 0 Å². The summed E-state index contributed by atoms with van der Waals surface area (Å²) in [6.45, 7) is 0. The van der Waals surface area contributed by atoms with Crippen LogP contribution in [0.3, 0.4) is 0 Å². The van der Waals surface area contributed by atoms with Crippen molar-refractivity contribution in [1.29, 1.82) is 0 Å². The average molecular weight is 349 g/mol. The van der Waals surface area contributed by atoms with E-state index in [9.17, 15) is 8.78 Å². The largest absolute Gasteiger partial charge is 0.307 e. The van der Waals surface area contributed by atoms with E-state index in [4.69, 9.17) is 0 Å². The molecule has 1 aromatic carbocycles. The highest BCUT2D eigenvalue weighted by molar-refractivity contribution is 7.99. The monoisotopic (exact) mass is 349 g/mol. The van der Waals surface area contributed by atoms with Crippen molar-refractivity contribution in [2.24, 2.45) is 0 Å². The summed E-state index contributed by atoms with van der Waals surface area (Å²) in [5.74, 6) is 1.30. The van der Waals surface area contributed by atoms with Crippen molar-refractivity contribution in [1.82, 2.24) is 15.1 Å². The van der Waals surface area contributed by atoms with E-state index in [1.807, 2.05) is 18.0 Å². The molecular weight excluding hydrogens is 328 g/mol. The molecule has 1 unspecified atom stereocenters. The summed E-state index contributed by atoms with van der Waals surface area (Å²) in [7, 11) is 0. The lowest BCUT2D eigenvalue weighted by Gasteiger charge is -2.31. The van der Waals surface area contributed by atoms with E-state index in [0.29, 0.717) is 17.8 Å². The Morgan fingerprint density at radius 2 is 1.83 bits per heavy atom. The Morgan fingerprint density at radius 3 is 2.58 bits per heavy atom. The van der Waals surface area contributed by atoms with Crippen LogP contribution in [0.4, 0.5) is 8.78 Å². The topological polar surface area (TPSA) is 29.9 Å². The lowest BCUT2D eigenvalue weighted by Crippen LogP contribution is -2.37. The van der Waals surface area contributed by atoms with Gasteiger partial charge in [-0.15, -0.1) is 0 Å². The molecule has 1 aliphatic carbocycles. The van der Waals surface area contributed by atoms with Gasteiger partial charge in [-0.2, -0.15) is 16.9 Å². The number of benzene rings is 1. The molecule has 3 nitrogen and oxygen atoms in total. The number of fused-ring (bicyclic) bond motifs is 1. The van der Waals surface area contributed by atoms with Crippen LogP contribution in [-0.2, 0) is 6.42 Å². The lowest BCUT2D eigenvalue weighted by molar-refractivity contribution is 0.377. The van der Waals surface area contributed by atoms with Crippen molar-refractivity contribution in [2.75, 3.05) is 11.5 Å².